The Balaban J connectivity index is 1.55. The summed E-state index contributed by atoms with van der Waals surface area (Å²) >= 11 is 0. The lowest BCUT2D eigenvalue weighted by atomic mass is 9.88. The summed E-state index contributed by atoms with van der Waals surface area (Å²) in [5, 5.41) is 12.8. The summed E-state index contributed by atoms with van der Waals surface area (Å²) in [5.41, 5.74) is 1.19. The molecule has 2 N–H and O–H groups in total. The van der Waals surface area contributed by atoms with E-state index in [1.54, 1.807) is 0 Å². The number of aliphatic hydroxyl groups excluding tert-OH is 1. The maximum absolute atomic E-state index is 12.3. The third-order valence-corrected chi connectivity index (χ3v) is 5.06. The van der Waals surface area contributed by atoms with Crippen molar-refractivity contribution in [2.45, 2.75) is 50.7 Å². The van der Waals surface area contributed by atoms with Gasteiger partial charge >= 0.3 is 6.03 Å². The SMILES string of the molecule is O=C(NC(=O)N1CCC(c2ccccc2)CC1O)C1CCCC1. The van der Waals surface area contributed by atoms with E-state index in [-0.39, 0.29) is 17.7 Å². The summed E-state index contributed by atoms with van der Waals surface area (Å²) in [7, 11) is 0. The van der Waals surface area contributed by atoms with Crippen molar-refractivity contribution in [1.29, 1.82) is 0 Å². The fraction of sp³-hybridized carbons (Fsp3) is 0.556. The average molecular weight is 316 g/mol. The molecule has 1 aliphatic carbocycles. The summed E-state index contributed by atoms with van der Waals surface area (Å²) in [6.07, 6.45) is 4.29. The number of imide groups is 1. The first-order valence-corrected chi connectivity index (χ1v) is 8.49. The lowest BCUT2D eigenvalue weighted by molar-refractivity contribution is -0.124. The van der Waals surface area contributed by atoms with Crippen molar-refractivity contribution in [3.05, 3.63) is 35.9 Å². The van der Waals surface area contributed by atoms with Gasteiger partial charge in [-0.2, -0.15) is 0 Å². The maximum atomic E-state index is 12.3. The van der Waals surface area contributed by atoms with E-state index in [1.807, 2.05) is 18.2 Å². The van der Waals surface area contributed by atoms with Gasteiger partial charge < -0.3 is 5.11 Å². The number of amides is 3. The molecule has 2 unspecified atom stereocenters. The second kappa shape index (κ2) is 7.13. The van der Waals surface area contributed by atoms with Crippen molar-refractivity contribution in [1.82, 2.24) is 10.2 Å². The highest BCUT2D eigenvalue weighted by Gasteiger charge is 2.33. The number of piperidine rings is 1. The molecule has 0 spiro atoms. The Hall–Kier alpha value is -1.88. The van der Waals surface area contributed by atoms with Crippen LogP contribution in [0.25, 0.3) is 0 Å². The molecular formula is C18H24N2O3. The number of hydrogen-bond acceptors (Lipinski definition) is 3. The van der Waals surface area contributed by atoms with E-state index < -0.39 is 12.3 Å². The van der Waals surface area contributed by atoms with Crippen LogP contribution in [0, 0.1) is 5.92 Å². The van der Waals surface area contributed by atoms with Gasteiger partial charge in [0.15, 0.2) is 0 Å². The van der Waals surface area contributed by atoms with E-state index in [4.69, 9.17) is 0 Å². The lowest BCUT2D eigenvalue weighted by Crippen LogP contribution is -2.52. The number of carbonyl (C=O) groups excluding carboxylic acids is 2. The van der Waals surface area contributed by atoms with Crippen LogP contribution < -0.4 is 5.32 Å². The van der Waals surface area contributed by atoms with Gasteiger partial charge in [0.05, 0.1) is 0 Å². The second-order valence-corrected chi connectivity index (χ2v) is 6.58. The van der Waals surface area contributed by atoms with Crippen LogP contribution >= 0.6 is 0 Å². The Labute approximate surface area is 136 Å². The number of hydrogen-bond donors (Lipinski definition) is 2. The average Bonchev–Trinajstić information content (AvgIpc) is 3.10. The van der Waals surface area contributed by atoms with Gasteiger partial charge in [-0.1, -0.05) is 43.2 Å². The number of carbonyl (C=O) groups is 2. The van der Waals surface area contributed by atoms with Crippen LogP contribution in [0.15, 0.2) is 30.3 Å². The molecule has 5 nitrogen and oxygen atoms in total. The van der Waals surface area contributed by atoms with E-state index in [1.165, 1.54) is 10.5 Å². The summed E-state index contributed by atoms with van der Waals surface area (Å²) in [6, 6.07) is 9.59. The van der Waals surface area contributed by atoms with E-state index in [2.05, 4.69) is 17.4 Å². The molecule has 1 aromatic carbocycles. The van der Waals surface area contributed by atoms with Crippen LogP contribution in [0.2, 0.25) is 0 Å². The van der Waals surface area contributed by atoms with Crippen LogP contribution in [0.5, 0.6) is 0 Å². The van der Waals surface area contributed by atoms with E-state index in [9.17, 15) is 14.7 Å². The first-order chi connectivity index (χ1) is 11.1. The van der Waals surface area contributed by atoms with Crippen molar-refractivity contribution in [3.8, 4) is 0 Å². The highest BCUT2D eigenvalue weighted by Crippen LogP contribution is 2.31. The molecule has 23 heavy (non-hydrogen) atoms. The first kappa shape index (κ1) is 16.0. The molecule has 1 aromatic rings. The van der Waals surface area contributed by atoms with E-state index >= 15 is 0 Å². The van der Waals surface area contributed by atoms with Gasteiger partial charge in [-0.25, -0.2) is 4.79 Å². The number of aliphatic hydroxyl groups is 1. The van der Waals surface area contributed by atoms with Crippen LogP contribution in [-0.4, -0.2) is 34.7 Å². The third-order valence-electron chi connectivity index (χ3n) is 5.06. The fourth-order valence-electron chi connectivity index (χ4n) is 3.68. The molecular weight excluding hydrogens is 292 g/mol. The molecule has 124 valence electrons. The van der Waals surface area contributed by atoms with Crippen molar-refractivity contribution in [2.24, 2.45) is 5.92 Å². The zero-order valence-corrected chi connectivity index (χ0v) is 13.3. The minimum Gasteiger partial charge on any atom is -0.373 e. The van der Waals surface area contributed by atoms with Crippen molar-refractivity contribution in [3.63, 3.8) is 0 Å². The quantitative estimate of drug-likeness (QED) is 0.881. The molecule has 5 heteroatoms. The molecule has 3 rings (SSSR count). The number of nitrogens with zero attached hydrogens (tertiary/aromatic N) is 1. The number of nitrogens with one attached hydrogen (secondary N) is 1. The molecule has 1 heterocycles. The monoisotopic (exact) mass is 316 g/mol. The second-order valence-electron chi connectivity index (χ2n) is 6.58. The van der Waals surface area contributed by atoms with Gasteiger partial charge in [-0.3, -0.25) is 15.0 Å². The highest BCUT2D eigenvalue weighted by atomic mass is 16.3. The predicted octanol–water partition coefficient (Wildman–Crippen LogP) is 2.61. The molecule has 0 aromatic heterocycles. The minimum absolute atomic E-state index is 0.0436. The molecule has 2 aliphatic rings. The Morgan fingerprint density at radius 1 is 1.09 bits per heavy atom. The molecule has 0 radical (unpaired) electrons. The standard InChI is InChI=1S/C18H24N2O3/c21-16-12-15(13-6-2-1-3-7-13)10-11-20(16)18(23)19-17(22)14-8-4-5-9-14/h1-3,6-7,14-16,21H,4-5,8-12H2,(H,19,22,23). The van der Waals surface area contributed by atoms with Gasteiger partial charge in [0.25, 0.3) is 0 Å². The fourth-order valence-corrected chi connectivity index (χ4v) is 3.68. The van der Waals surface area contributed by atoms with Crippen LogP contribution in [-0.2, 0) is 4.79 Å². The van der Waals surface area contributed by atoms with Gasteiger partial charge in [0, 0.05) is 12.5 Å². The Morgan fingerprint density at radius 3 is 2.43 bits per heavy atom. The molecule has 0 bridgehead atoms. The van der Waals surface area contributed by atoms with E-state index in [0.717, 1.165) is 32.1 Å². The summed E-state index contributed by atoms with van der Waals surface area (Å²) < 4.78 is 0. The molecule has 3 amide bonds. The Morgan fingerprint density at radius 2 is 1.78 bits per heavy atom. The van der Waals surface area contributed by atoms with Crippen LogP contribution in [0.1, 0.15) is 50.0 Å². The molecule has 1 saturated heterocycles. The van der Waals surface area contributed by atoms with E-state index in [0.29, 0.717) is 13.0 Å². The number of rotatable bonds is 2. The van der Waals surface area contributed by atoms with Crippen molar-refractivity contribution < 1.29 is 14.7 Å². The third kappa shape index (κ3) is 3.72. The first-order valence-electron chi connectivity index (χ1n) is 8.49. The Kier molecular flexibility index (Phi) is 4.96. The summed E-state index contributed by atoms with van der Waals surface area (Å²) in [6.45, 7) is 0.463. The Bertz CT molecular complexity index is 555. The smallest absolute Gasteiger partial charge is 0.326 e. The normalized spacial score (nSPS) is 25.3. The highest BCUT2D eigenvalue weighted by molar-refractivity contribution is 5.95. The van der Waals surface area contributed by atoms with Crippen molar-refractivity contribution in [2.75, 3.05) is 6.54 Å². The van der Waals surface area contributed by atoms with Crippen molar-refractivity contribution >= 4 is 11.9 Å². The number of likely N-dealkylation sites (tertiary alicyclic amines) is 1. The number of urea groups is 1. The minimum atomic E-state index is -0.842. The van der Waals surface area contributed by atoms with Crippen LogP contribution in [0.3, 0.4) is 0 Å². The topological polar surface area (TPSA) is 69.6 Å². The zero-order chi connectivity index (χ0) is 16.2. The predicted molar refractivity (Wildman–Crippen MR) is 86.6 cm³/mol. The molecule has 2 fully saturated rings. The molecule has 1 saturated carbocycles. The summed E-state index contributed by atoms with van der Waals surface area (Å²) in [5.74, 6) is 0.0172. The summed E-state index contributed by atoms with van der Waals surface area (Å²) in [4.78, 5) is 25.7. The largest absolute Gasteiger partial charge is 0.373 e. The zero-order valence-electron chi connectivity index (χ0n) is 13.3. The van der Waals surface area contributed by atoms with Gasteiger partial charge in [-0.05, 0) is 37.2 Å². The van der Waals surface area contributed by atoms with Gasteiger partial charge in [0.1, 0.15) is 6.23 Å². The molecule has 2 atom stereocenters. The maximum Gasteiger partial charge on any atom is 0.326 e. The number of benzene rings is 1. The molecule has 1 aliphatic heterocycles. The van der Waals surface area contributed by atoms with Gasteiger partial charge in [0.2, 0.25) is 5.91 Å². The van der Waals surface area contributed by atoms with Gasteiger partial charge in [-0.15, -0.1) is 0 Å². The van der Waals surface area contributed by atoms with Crippen LogP contribution in [0.4, 0.5) is 4.79 Å². The lowest BCUT2D eigenvalue weighted by Gasteiger charge is -2.36.